The zero-order chi connectivity index (χ0) is 17.2. The van der Waals surface area contributed by atoms with Gasteiger partial charge < -0.3 is 4.74 Å². The van der Waals surface area contributed by atoms with E-state index in [2.05, 4.69) is 25.4 Å². The van der Waals surface area contributed by atoms with E-state index in [1.165, 1.54) is 19.2 Å². The second kappa shape index (κ2) is 6.72. The van der Waals surface area contributed by atoms with Crippen LogP contribution in [0.4, 0.5) is 5.69 Å². The van der Waals surface area contributed by atoms with Crippen LogP contribution < -0.4 is 4.72 Å². The standard InChI is InChI=1S/C16H16BrNO4S/c1-10-4-7-15(13(17)8-10)23(20,21)18-14-9-12(16(19)22-3)6-5-11(14)2/h4-9,18H,1-3H3. The molecular formula is C16H16BrNO4S. The van der Waals surface area contributed by atoms with Gasteiger partial charge in [-0.25, -0.2) is 13.2 Å². The van der Waals surface area contributed by atoms with E-state index in [4.69, 9.17) is 0 Å². The van der Waals surface area contributed by atoms with Crippen LogP contribution in [0, 0.1) is 13.8 Å². The Balaban J connectivity index is 2.43. The lowest BCUT2D eigenvalue weighted by Crippen LogP contribution is -2.15. The zero-order valence-electron chi connectivity index (χ0n) is 12.9. The lowest BCUT2D eigenvalue weighted by atomic mass is 10.1. The topological polar surface area (TPSA) is 72.5 Å². The molecule has 2 aromatic rings. The number of hydrogen-bond acceptors (Lipinski definition) is 4. The summed E-state index contributed by atoms with van der Waals surface area (Å²) in [5.41, 5.74) is 2.25. The molecule has 0 saturated heterocycles. The first-order valence-corrected chi connectivity index (χ1v) is 9.00. The number of methoxy groups -OCH3 is 1. The molecule has 0 aliphatic heterocycles. The summed E-state index contributed by atoms with van der Waals surface area (Å²) in [6.07, 6.45) is 0. The van der Waals surface area contributed by atoms with Gasteiger partial charge in [-0.15, -0.1) is 0 Å². The summed E-state index contributed by atoms with van der Waals surface area (Å²) in [6.45, 7) is 3.63. The van der Waals surface area contributed by atoms with E-state index in [1.54, 1.807) is 31.2 Å². The van der Waals surface area contributed by atoms with Crippen LogP contribution in [0.25, 0.3) is 0 Å². The lowest BCUT2D eigenvalue weighted by Gasteiger charge is -2.13. The summed E-state index contributed by atoms with van der Waals surface area (Å²) in [6, 6.07) is 9.68. The van der Waals surface area contributed by atoms with Gasteiger partial charge in [-0.05, 0) is 65.2 Å². The van der Waals surface area contributed by atoms with E-state index < -0.39 is 16.0 Å². The molecule has 0 atom stereocenters. The Morgan fingerprint density at radius 3 is 2.43 bits per heavy atom. The third-order valence-corrected chi connectivity index (χ3v) is 5.62. The van der Waals surface area contributed by atoms with Crippen LogP contribution in [0.15, 0.2) is 45.8 Å². The first-order valence-electron chi connectivity index (χ1n) is 6.72. The minimum atomic E-state index is -3.78. The smallest absolute Gasteiger partial charge is 0.337 e. The predicted molar refractivity (Wildman–Crippen MR) is 92.2 cm³/mol. The van der Waals surface area contributed by atoms with E-state index in [1.807, 2.05) is 6.92 Å². The Kier molecular flexibility index (Phi) is 5.11. The lowest BCUT2D eigenvalue weighted by molar-refractivity contribution is 0.0601. The van der Waals surface area contributed by atoms with E-state index in [-0.39, 0.29) is 10.5 Å². The van der Waals surface area contributed by atoms with Gasteiger partial charge in [0.15, 0.2) is 0 Å². The number of ether oxygens (including phenoxy) is 1. The van der Waals surface area contributed by atoms with Crippen molar-refractivity contribution in [1.29, 1.82) is 0 Å². The fourth-order valence-corrected chi connectivity index (χ4v) is 4.32. The summed E-state index contributed by atoms with van der Waals surface area (Å²) < 4.78 is 32.8. The summed E-state index contributed by atoms with van der Waals surface area (Å²) in [5, 5.41) is 0. The molecule has 5 nitrogen and oxygen atoms in total. The number of rotatable bonds is 4. The Morgan fingerprint density at radius 2 is 1.83 bits per heavy atom. The van der Waals surface area contributed by atoms with Crippen molar-refractivity contribution in [2.45, 2.75) is 18.7 Å². The van der Waals surface area contributed by atoms with Crippen LogP contribution in [-0.4, -0.2) is 21.5 Å². The highest BCUT2D eigenvalue weighted by molar-refractivity contribution is 9.10. The van der Waals surface area contributed by atoms with Crippen LogP contribution in [-0.2, 0) is 14.8 Å². The highest BCUT2D eigenvalue weighted by Crippen LogP contribution is 2.27. The average Bonchev–Trinajstić information content (AvgIpc) is 2.48. The van der Waals surface area contributed by atoms with Crippen molar-refractivity contribution in [1.82, 2.24) is 0 Å². The van der Waals surface area contributed by atoms with Crippen LogP contribution in [0.2, 0.25) is 0 Å². The quantitative estimate of drug-likeness (QED) is 0.798. The monoisotopic (exact) mass is 397 g/mol. The van der Waals surface area contributed by atoms with Crippen molar-refractivity contribution < 1.29 is 17.9 Å². The van der Waals surface area contributed by atoms with Crippen LogP contribution in [0.3, 0.4) is 0 Å². The molecule has 0 bridgehead atoms. The van der Waals surface area contributed by atoms with Crippen molar-refractivity contribution in [2.24, 2.45) is 0 Å². The Morgan fingerprint density at radius 1 is 1.13 bits per heavy atom. The van der Waals surface area contributed by atoms with Gasteiger partial charge in [0.05, 0.1) is 18.4 Å². The van der Waals surface area contributed by atoms with Crippen molar-refractivity contribution in [3.8, 4) is 0 Å². The van der Waals surface area contributed by atoms with Crippen molar-refractivity contribution in [3.63, 3.8) is 0 Å². The maximum absolute atomic E-state index is 12.6. The molecular weight excluding hydrogens is 382 g/mol. The minimum Gasteiger partial charge on any atom is -0.465 e. The number of esters is 1. The Hall–Kier alpha value is -1.86. The maximum Gasteiger partial charge on any atom is 0.337 e. The van der Waals surface area contributed by atoms with Gasteiger partial charge >= 0.3 is 5.97 Å². The van der Waals surface area contributed by atoms with Gasteiger partial charge in [0.25, 0.3) is 10.0 Å². The number of carbonyl (C=O) groups is 1. The molecule has 0 aliphatic rings. The number of sulfonamides is 1. The van der Waals surface area contributed by atoms with E-state index in [0.717, 1.165) is 5.56 Å². The SMILES string of the molecule is COC(=O)c1ccc(C)c(NS(=O)(=O)c2ccc(C)cc2Br)c1. The Labute approximate surface area is 143 Å². The fourth-order valence-electron chi connectivity index (χ4n) is 2.00. The highest BCUT2D eigenvalue weighted by Gasteiger charge is 2.19. The second-order valence-electron chi connectivity index (χ2n) is 5.06. The molecule has 0 spiro atoms. The summed E-state index contributed by atoms with van der Waals surface area (Å²) in [7, 11) is -2.51. The van der Waals surface area contributed by atoms with Crippen LogP contribution in [0.5, 0.6) is 0 Å². The van der Waals surface area contributed by atoms with Gasteiger partial charge in [-0.1, -0.05) is 12.1 Å². The molecule has 2 rings (SSSR count). The number of anilines is 1. The molecule has 23 heavy (non-hydrogen) atoms. The van der Waals surface area contributed by atoms with Gasteiger partial charge in [-0.2, -0.15) is 0 Å². The molecule has 0 fully saturated rings. The predicted octanol–water partition coefficient (Wildman–Crippen LogP) is 3.65. The van der Waals surface area contributed by atoms with Gasteiger partial charge in [0.1, 0.15) is 4.90 Å². The van der Waals surface area contributed by atoms with E-state index in [9.17, 15) is 13.2 Å². The molecule has 122 valence electrons. The number of hydrogen-bond donors (Lipinski definition) is 1. The number of nitrogens with one attached hydrogen (secondary N) is 1. The van der Waals surface area contributed by atoms with Crippen molar-refractivity contribution >= 4 is 37.6 Å². The zero-order valence-corrected chi connectivity index (χ0v) is 15.3. The van der Waals surface area contributed by atoms with Gasteiger partial charge in [-0.3, -0.25) is 4.72 Å². The molecule has 0 aliphatic carbocycles. The minimum absolute atomic E-state index is 0.131. The number of carbonyl (C=O) groups excluding carboxylic acids is 1. The summed E-state index contributed by atoms with van der Waals surface area (Å²) in [4.78, 5) is 11.7. The molecule has 1 N–H and O–H groups in total. The summed E-state index contributed by atoms with van der Waals surface area (Å²) in [5.74, 6) is -0.526. The van der Waals surface area contributed by atoms with Gasteiger partial charge in [0.2, 0.25) is 0 Å². The maximum atomic E-state index is 12.6. The molecule has 0 radical (unpaired) electrons. The van der Waals surface area contributed by atoms with E-state index >= 15 is 0 Å². The third kappa shape index (κ3) is 3.92. The van der Waals surface area contributed by atoms with Crippen LogP contribution >= 0.6 is 15.9 Å². The molecule has 0 amide bonds. The van der Waals surface area contributed by atoms with Crippen molar-refractivity contribution in [3.05, 3.63) is 57.6 Å². The normalized spacial score (nSPS) is 11.1. The molecule has 0 saturated carbocycles. The molecule has 2 aromatic carbocycles. The number of aryl methyl sites for hydroxylation is 2. The van der Waals surface area contributed by atoms with Crippen LogP contribution in [0.1, 0.15) is 21.5 Å². The number of benzene rings is 2. The molecule has 7 heteroatoms. The first-order chi connectivity index (χ1) is 10.7. The second-order valence-corrected chi connectivity index (χ2v) is 7.57. The van der Waals surface area contributed by atoms with Gasteiger partial charge in [0, 0.05) is 4.47 Å². The van der Waals surface area contributed by atoms with Crippen molar-refractivity contribution in [2.75, 3.05) is 11.8 Å². The Bertz CT molecular complexity index is 862. The fraction of sp³-hybridized carbons (Fsp3) is 0.188. The highest BCUT2D eigenvalue weighted by atomic mass is 79.9. The molecule has 0 unspecified atom stereocenters. The molecule has 0 aromatic heterocycles. The molecule has 0 heterocycles. The summed E-state index contributed by atoms with van der Waals surface area (Å²) >= 11 is 3.27. The third-order valence-electron chi connectivity index (χ3n) is 3.28. The number of halogens is 1. The largest absolute Gasteiger partial charge is 0.465 e. The first kappa shape index (κ1) is 17.5. The van der Waals surface area contributed by atoms with E-state index in [0.29, 0.717) is 15.7 Å². The average molecular weight is 398 g/mol.